The molecule has 2 aliphatic rings. The molecule has 0 bridgehead atoms. The number of likely N-dealkylation sites (tertiary alicyclic amines) is 2. The summed E-state index contributed by atoms with van der Waals surface area (Å²) in [6.07, 6.45) is 1.24. The van der Waals surface area contributed by atoms with Crippen LogP contribution in [-0.4, -0.2) is 76.2 Å². The number of ether oxygens (including phenoxy) is 1. The Labute approximate surface area is 161 Å². The molecule has 0 aromatic rings. The van der Waals surface area contributed by atoms with Crippen LogP contribution in [0.2, 0.25) is 0 Å². The predicted molar refractivity (Wildman–Crippen MR) is 100.0 cm³/mol. The van der Waals surface area contributed by atoms with E-state index in [0.717, 1.165) is 0 Å². The van der Waals surface area contributed by atoms with Gasteiger partial charge in [0.25, 0.3) is 0 Å². The minimum absolute atomic E-state index is 0.0207. The van der Waals surface area contributed by atoms with E-state index in [9.17, 15) is 19.5 Å². The van der Waals surface area contributed by atoms with E-state index in [4.69, 9.17) is 4.74 Å². The Kier molecular flexibility index (Phi) is 6.39. The number of carbonyl (C=O) groups is 3. The van der Waals surface area contributed by atoms with Gasteiger partial charge in [-0.1, -0.05) is 0 Å². The van der Waals surface area contributed by atoms with Gasteiger partial charge in [0.2, 0.25) is 11.8 Å². The highest BCUT2D eigenvalue weighted by Gasteiger charge is 2.40. The van der Waals surface area contributed by atoms with Gasteiger partial charge in [0.15, 0.2) is 0 Å². The second-order valence-electron chi connectivity index (χ2n) is 9.18. The standard InChI is InChI=1S/C19H33N3O5/c1-18(2,3)27-17(26)21-8-6-14(7-9-21)22-11-13(10-15(22)24)16(25)20-19(4,5)12-23/h13-14,23H,6-12H2,1-5H3,(H,20,25)/t13-/m1/s1. The third-order valence-corrected chi connectivity index (χ3v) is 4.94. The normalized spacial score (nSPS) is 22.1. The number of carbonyl (C=O) groups excluding carboxylic acids is 3. The third-order valence-electron chi connectivity index (χ3n) is 4.94. The van der Waals surface area contributed by atoms with Crippen molar-refractivity contribution in [2.24, 2.45) is 5.92 Å². The fraction of sp³-hybridized carbons (Fsp3) is 0.842. The van der Waals surface area contributed by atoms with Crippen LogP contribution in [-0.2, 0) is 14.3 Å². The first-order chi connectivity index (χ1) is 12.4. The Balaban J connectivity index is 1.87. The summed E-state index contributed by atoms with van der Waals surface area (Å²) in [5.74, 6) is -0.615. The summed E-state index contributed by atoms with van der Waals surface area (Å²) in [6, 6.07) is 0.0415. The monoisotopic (exact) mass is 383 g/mol. The maximum Gasteiger partial charge on any atom is 0.410 e. The maximum absolute atomic E-state index is 12.4. The zero-order valence-corrected chi connectivity index (χ0v) is 17.1. The second kappa shape index (κ2) is 8.04. The van der Waals surface area contributed by atoms with Gasteiger partial charge in [0.05, 0.1) is 18.1 Å². The molecule has 2 saturated heterocycles. The first-order valence-electron chi connectivity index (χ1n) is 9.62. The summed E-state index contributed by atoms with van der Waals surface area (Å²) in [5, 5.41) is 12.1. The van der Waals surface area contributed by atoms with Crippen LogP contribution in [0.5, 0.6) is 0 Å². The quantitative estimate of drug-likeness (QED) is 0.758. The minimum atomic E-state index is -0.702. The topological polar surface area (TPSA) is 99.2 Å². The molecule has 2 aliphatic heterocycles. The van der Waals surface area contributed by atoms with Crippen LogP contribution in [0.4, 0.5) is 4.79 Å². The SMILES string of the molecule is CC(C)(CO)NC(=O)[C@@H]1CC(=O)N(C2CCN(C(=O)OC(C)(C)C)CC2)C1. The van der Waals surface area contributed by atoms with Crippen LogP contribution < -0.4 is 5.32 Å². The fourth-order valence-electron chi connectivity index (χ4n) is 3.42. The molecular formula is C19H33N3O5. The summed E-state index contributed by atoms with van der Waals surface area (Å²) in [6.45, 7) is 10.3. The molecule has 2 heterocycles. The Morgan fingerprint density at radius 3 is 2.30 bits per heavy atom. The van der Waals surface area contributed by atoms with Crippen molar-refractivity contribution in [3.05, 3.63) is 0 Å². The van der Waals surface area contributed by atoms with Gasteiger partial charge in [0.1, 0.15) is 5.60 Å². The van der Waals surface area contributed by atoms with Crippen molar-refractivity contribution >= 4 is 17.9 Å². The molecule has 3 amide bonds. The van der Waals surface area contributed by atoms with Gasteiger partial charge in [0, 0.05) is 32.1 Å². The highest BCUT2D eigenvalue weighted by molar-refractivity contribution is 5.89. The average molecular weight is 383 g/mol. The Hall–Kier alpha value is -1.83. The van der Waals surface area contributed by atoms with Crippen LogP contribution in [0.25, 0.3) is 0 Å². The van der Waals surface area contributed by atoms with Gasteiger partial charge in [-0.25, -0.2) is 4.79 Å². The van der Waals surface area contributed by atoms with Crippen molar-refractivity contribution in [1.82, 2.24) is 15.1 Å². The van der Waals surface area contributed by atoms with E-state index in [-0.39, 0.29) is 37.0 Å². The molecule has 8 heteroatoms. The lowest BCUT2D eigenvalue weighted by molar-refractivity contribution is -0.131. The molecule has 154 valence electrons. The van der Waals surface area contributed by atoms with Crippen LogP contribution in [0.1, 0.15) is 53.9 Å². The Morgan fingerprint density at radius 2 is 1.78 bits per heavy atom. The number of aliphatic hydroxyl groups excluding tert-OH is 1. The number of amides is 3. The van der Waals surface area contributed by atoms with Crippen molar-refractivity contribution in [2.75, 3.05) is 26.2 Å². The van der Waals surface area contributed by atoms with Crippen LogP contribution >= 0.6 is 0 Å². The molecule has 0 aliphatic carbocycles. The summed E-state index contributed by atoms with van der Waals surface area (Å²) in [7, 11) is 0. The molecular weight excluding hydrogens is 350 g/mol. The molecule has 0 saturated carbocycles. The summed E-state index contributed by atoms with van der Waals surface area (Å²) < 4.78 is 5.40. The van der Waals surface area contributed by atoms with E-state index in [1.165, 1.54) is 0 Å². The number of hydrogen-bond donors (Lipinski definition) is 2. The average Bonchev–Trinajstić information content (AvgIpc) is 2.95. The second-order valence-corrected chi connectivity index (χ2v) is 9.18. The molecule has 27 heavy (non-hydrogen) atoms. The highest BCUT2D eigenvalue weighted by atomic mass is 16.6. The van der Waals surface area contributed by atoms with Crippen molar-refractivity contribution in [1.29, 1.82) is 0 Å². The number of aliphatic hydroxyl groups is 1. The number of piperidine rings is 1. The molecule has 0 spiro atoms. The van der Waals surface area contributed by atoms with Crippen LogP contribution in [0.15, 0.2) is 0 Å². The van der Waals surface area contributed by atoms with Crippen LogP contribution in [0, 0.1) is 5.92 Å². The van der Waals surface area contributed by atoms with Gasteiger partial charge in [-0.05, 0) is 47.5 Å². The number of nitrogens with one attached hydrogen (secondary N) is 1. The van der Waals surface area contributed by atoms with Crippen molar-refractivity contribution in [3.8, 4) is 0 Å². The molecule has 2 fully saturated rings. The lowest BCUT2D eigenvalue weighted by Gasteiger charge is -2.37. The van der Waals surface area contributed by atoms with Gasteiger partial charge < -0.3 is 25.0 Å². The first kappa shape index (κ1) is 21.5. The van der Waals surface area contributed by atoms with Crippen LogP contribution in [0.3, 0.4) is 0 Å². The van der Waals surface area contributed by atoms with Gasteiger partial charge in [-0.3, -0.25) is 9.59 Å². The van der Waals surface area contributed by atoms with E-state index >= 15 is 0 Å². The molecule has 8 nitrogen and oxygen atoms in total. The van der Waals surface area contributed by atoms with Gasteiger partial charge in [-0.2, -0.15) is 0 Å². The predicted octanol–water partition coefficient (Wildman–Crippen LogP) is 1.12. The van der Waals surface area contributed by atoms with E-state index in [1.807, 2.05) is 20.8 Å². The molecule has 0 aromatic carbocycles. The third kappa shape index (κ3) is 5.82. The van der Waals surface area contributed by atoms with Gasteiger partial charge in [-0.15, -0.1) is 0 Å². The zero-order valence-electron chi connectivity index (χ0n) is 17.1. The number of nitrogens with zero attached hydrogens (tertiary/aromatic N) is 2. The smallest absolute Gasteiger partial charge is 0.410 e. The van der Waals surface area contributed by atoms with Crippen molar-refractivity contribution < 1.29 is 24.2 Å². The Bertz CT molecular complexity index is 576. The van der Waals surface area contributed by atoms with E-state index in [1.54, 1.807) is 23.6 Å². The molecule has 0 radical (unpaired) electrons. The Morgan fingerprint density at radius 1 is 1.19 bits per heavy atom. The van der Waals surface area contributed by atoms with E-state index in [2.05, 4.69) is 5.32 Å². The maximum atomic E-state index is 12.4. The van der Waals surface area contributed by atoms with E-state index < -0.39 is 17.1 Å². The van der Waals surface area contributed by atoms with Crippen molar-refractivity contribution in [3.63, 3.8) is 0 Å². The minimum Gasteiger partial charge on any atom is -0.444 e. The van der Waals surface area contributed by atoms with Crippen molar-refractivity contribution in [2.45, 2.75) is 71.1 Å². The lowest BCUT2D eigenvalue weighted by atomic mass is 10.0. The fourth-order valence-corrected chi connectivity index (χ4v) is 3.42. The molecule has 2 rings (SSSR count). The number of rotatable bonds is 4. The lowest BCUT2D eigenvalue weighted by Crippen LogP contribution is -2.50. The number of hydrogen-bond acceptors (Lipinski definition) is 5. The summed E-state index contributed by atoms with van der Waals surface area (Å²) >= 11 is 0. The molecule has 1 atom stereocenters. The first-order valence-corrected chi connectivity index (χ1v) is 9.62. The molecule has 0 aromatic heterocycles. The van der Waals surface area contributed by atoms with Gasteiger partial charge >= 0.3 is 6.09 Å². The summed E-state index contributed by atoms with van der Waals surface area (Å²) in [4.78, 5) is 40.4. The molecule has 0 unspecified atom stereocenters. The van der Waals surface area contributed by atoms with E-state index in [0.29, 0.717) is 32.5 Å². The largest absolute Gasteiger partial charge is 0.444 e. The molecule has 2 N–H and O–H groups in total. The summed E-state index contributed by atoms with van der Waals surface area (Å²) in [5.41, 5.74) is -1.23. The zero-order chi connectivity index (χ0) is 20.4. The highest BCUT2D eigenvalue weighted by Crippen LogP contribution is 2.26.